The molecule has 1 saturated heterocycles. The third-order valence-corrected chi connectivity index (χ3v) is 5.83. The van der Waals surface area contributed by atoms with Crippen LogP contribution in [0.25, 0.3) is 5.76 Å². The van der Waals surface area contributed by atoms with Crippen LogP contribution in [0, 0.1) is 0 Å². The number of aromatic nitrogens is 1. The van der Waals surface area contributed by atoms with Crippen LogP contribution >= 0.6 is 0 Å². The van der Waals surface area contributed by atoms with Crippen molar-refractivity contribution in [2.24, 2.45) is 9.98 Å². The number of amides is 1. The molecule has 33 heavy (non-hydrogen) atoms. The summed E-state index contributed by atoms with van der Waals surface area (Å²) in [5, 5.41) is 13.4. The Morgan fingerprint density at radius 1 is 1.21 bits per heavy atom. The molecule has 3 aliphatic heterocycles. The zero-order chi connectivity index (χ0) is 22.8. The first-order valence-corrected chi connectivity index (χ1v) is 11.1. The number of aliphatic imine (C=N–C) groups is 2. The van der Waals surface area contributed by atoms with E-state index in [1.165, 1.54) is 13.1 Å². The van der Waals surface area contributed by atoms with Crippen LogP contribution in [0.4, 0.5) is 11.5 Å². The number of fused-ring (bicyclic) bond motifs is 3. The summed E-state index contributed by atoms with van der Waals surface area (Å²) in [4.78, 5) is 29.5. The molecule has 2 N–H and O–H groups in total. The quantitative estimate of drug-likeness (QED) is 0.685. The first kappa shape index (κ1) is 21.3. The van der Waals surface area contributed by atoms with Crippen molar-refractivity contribution in [3.8, 4) is 0 Å². The molecule has 0 bridgehead atoms. The molecule has 2 aromatic rings. The summed E-state index contributed by atoms with van der Waals surface area (Å²) in [6.45, 7) is 6.90. The molecule has 9 nitrogen and oxygen atoms in total. The van der Waals surface area contributed by atoms with Gasteiger partial charge in [0.2, 0.25) is 5.91 Å². The number of rotatable bonds is 5. The lowest BCUT2D eigenvalue weighted by Gasteiger charge is -2.30. The monoisotopic (exact) mass is 446 g/mol. The zero-order valence-corrected chi connectivity index (χ0v) is 18.5. The molecule has 0 radical (unpaired) electrons. The predicted octanol–water partition coefficient (Wildman–Crippen LogP) is 2.58. The number of morpholine rings is 1. The van der Waals surface area contributed by atoms with Gasteiger partial charge in [0.25, 0.3) is 0 Å². The topological polar surface area (TPSA) is 103 Å². The molecule has 1 aromatic heterocycles. The molecule has 5 rings (SSSR count). The highest BCUT2D eigenvalue weighted by Gasteiger charge is 2.30. The fourth-order valence-electron chi connectivity index (χ4n) is 4.22. The standard InChI is InChI=1S/C24H26N6O3/c1-16(31)27-21-6-5-17(14-26-21)20(32)13-22-28-23-18(15-29-9-11-33-12-10-29)3-2-4-19(23)24-25-7-8-30(22)24/h2-6,13-14,32H,7-12,15H2,1H3,(H,26,27,31)/b20-13-. The Bertz CT molecular complexity index is 1150. The first-order chi connectivity index (χ1) is 16.1. The lowest BCUT2D eigenvalue weighted by Crippen LogP contribution is -2.37. The highest BCUT2D eigenvalue weighted by atomic mass is 16.5. The van der Waals surface area contributed by atoms with Gasteiger partial charge in [0, 0.05) is 56.5 Å². The van der Waals surface area contributed by atoms with Crippen LogP contribution in [0.15, 0.2) is 52.6 Å². The highest BCUT2D eigenvalue weighted by Crippen LogP contribution is 2.33. The van der Waals surface area contributed by atoms with Crippen LogP contribution < -0.4 is 5.32 Å². The Morgan fingerprint density at radius 2 is 2.06 bits per heavy atom. The van der Waals surface area contributed by atoms with Gasteiger partial charge in [-0.1, -0.05) is 12.1 Å². The number of ether oxygens (including phenoxy) is 1. The Labute approximate surface area is 192 Å². The van der Waals surface area contributed by atoms with Crippen molar-refractivity contribution >= 4 is 34.8 Å². The zero-order valence-electron chi connectivity index (χ0n) is 18.5. The minimum absolute atomic E-state index is 0.0518. The van der Waals surface area contributed by atoms with Crippen LogP contribution in [0.1, 0.15) is 23.6 Å². The van der Waals surface area contributed by atoms with Gasteiger partial charge in [-0.15, -0.1) is 0 Å². The van der Waals surface area contributed by atoms with Gasteiger partial charge in [0.05, 0.1) is 25.4 Å². The third kappa shape index (κ3) is 4.50. The van der Waals surface area contributed by atoms with Crippen molar-refractivity contribution < 1.29 is 14.6 Å². The van der Waals surface area contributed by atoms with Crippen molar-refractivity contribution in [1.29, 1.82) is 0 Å². The number of aliphatic hydroxyl groups excluding tert-OH is 1. The summed E-state index contributed by atoms with van der Waals surface area (Å²) in [6.07, 6.45) is 3.18. The van der Waals surface area contributed by atoms with Gasteiger partial charge < -0.3 is 20.1 Å². The van der Waals surface area contributed by atoms with E-state index >= 15 is 0 Å². The van der Waals surface area contributed by atoms with E-state index in [1.807, 2.05) is 4.90 Å². The number of hydrogen-bond donors (Lipinski definition) is 2. The summed E-state index contributed by atoms with van der Waals surface area (Å²) >= 11 is 0. The number of anilines is 1. The number of carbonyl (C=O) groups is 1. The molecular formula is C24H26N6O3. The molecule has 1 aromatic carbocycles. The summed E-state index contributed by atoms with van der Waals surface area (Å²) in [5.41, 5.74) is 3.60. The minimum atomic E-state index is -0.195. The number of aliphatic hydroxyl groups is 1. The van der Waals surface area contributed by atoms with Crippen molar-refractivity contribution in [3.63, 3.8) is 0 Å². The Balaban J connectivity index is 1.47. The SMILES string of the molecule is CC(=O)Nc1ccc(/C(O)=C/C2=Nc3c(CN4CCOCC4)cccc3C3=NCCN23)cn1. The van der Waals surface area contributed by atoms with Crippen LogP contribution in [0.5, 0.6) is 0 Å². The van der Waals surface area contributed by atoms with Gasteiger partial charge in [-0.3, -0.25) is 14.7 Å². The largest absolute Gasteiger partial charge is 0.507 e. The van der Waals surface area contributed by atoms with Crippen LogP contribution in [-0.4, -0.2) is 76.9 Å². The van der Waals surface area contributed by atoms with Gasteiger partial charge in [0.15, 0.2) is 0 Å². The summed E-state index contributed by atoms with van der Waals surface area (Å²) < 4.78 is 5.48. The molecular weight excluding hydrogens is 420 g/mol. The molecule has 170 valence electrons. The van der Waals surface area contributed by atoms with Crippen LogP contribution in [-0.2, 0) is 16.1 Å². The van der Waals surface area contributed by atoms with E-state index in [-0.39, 0.29) is 11.7 Å². The van der Waals surface area contributed by atoms with E-state index in [1.54, 1.807) is 18.2 Å². The maximum Gasteiger partial charge on any atom is 0.222 e. The second-order valence-corrected chi connectivity index (χ2v) is 8.17. The molecule has 1 fully saturated rings. The van der Waals surface area contributed by atoms with E-state index in [4.69, 9.17) is 14.7 Å². The van der Waals surface area contributed by atoms with Gasteiger partial charge in [-0.25, -0.2) is 9.98 Å². The van der Waals surface area contributed by atoms with Crippen molar-refractivity contribution in [3.05, 3.63) is 59.3 Å². The highest BCUT2D eigenvalue weighted by molar-refractivity contribution is 6.20. The lowest BCUT2D eigenvalue weighted by molar-refractivity contribution is -0.114. The molecule has 1 amide bonds. The number of hydrogen-bond acceptors (Lipinski definition) is 8. The normalized spacial score (nSPS) is 18.3. The van der Waals surface area contributed by atoms with E-state index < -0.39 is 0 Å². The maximum absolute atomic E-state index is 11.2. The first-order valence-electron chi connectivity index (χ1n) is 11.1. The number of para-hydroxylation sites is 1. The lowest BCUT2D eigenvalue weighted by atomic mass is 10.0. The third-order valence-electron chi connectivity index (χ3n) is 5.83. The predicted molar refractivity (Wildman–Crippen MR) is 127 cm³/mol. The fraction of sp³-hybridized carbons (Fsp3) is 0.333. The molecule has 0 atom stereocenters. The molecule has 9 heteroatoms. The van der Waals surface area contributed by atoms with E-state index in [0.29, 0.717) is 30.3 Å². The molecule has 0 saturated carbocycles. The number of benzene rings is 1. The summed E-state index contributed by atoms with van der Waals surface area (Å²) in [5.74, 6) is 1.83. The van der Waals surface area contributed by atoms with Crippen LogP contribution in [0.2, 0.25) is 0 Å². The van der Waals surface area contributed by atoms with Crippen molar-refractivity contribution in [2.75, 3.05) is 44.7 Å². The number of nitrogens with zero attached hydrogens (tertiary/aromatic N) is 5. The average Bonchev–Trinajstić information content (AvgIpc) is 3.31. The molecule has 0 aliphatic carbocycles. The van der Waals surface area contributed by atoms with Crippen molar-refractivity contribution in [1.82, 2.24) is 14.8 Å². The second kappa shape index (κ2) is 9.13. The Kier molecular flexibility index (Phi) is 5.89. The van der Waals surface area contributed by atoms with E-state index in [0.717, 1.165) is 55.5 Å². The Morgan fingerprint density at radius 3 is 2.82 bits per heavy atom. The minimum Gasteiger partial charge on any atom is -0.507 e. The number of nitrogens with one attached hydrogen (secondary N) is 1. The number of pyridine rings is 1. The molecule has 0 spiro atoms. The van der Waals surface area contributed by atoms with Gasteiger partial charge in [-0.2, -0.15) is 0 Å². The number of carbonyl (C=O) groups excluding carboxylic acids is 1. The Hall–Kier alpha value is -3.56. The second-order valence-electron chi connectivity index (χ2n) is 8.17. The number of amidine groups is 2. The van der Waals surface area contributed by atoms with Gasteiger partial charge in [-0.05, 0) is 23.8 Å². The molecule has 4 heterocycles. The van der Waals surface area contributed by atoms with E-state index in [2.05, 4.69) is 33.4 Å². The molecule has 0 unspecified atom stereocenters. The average molecular weight is 447 g/mol. The summed E-state index contributed by atoms with van der Waals surface area (Å²) in [6, 6.07) is 9.59. The maximum atomic E-state index is 11.2. The van der Waals surface area contributed by atoms with E-state index in [9.17, 15) is 9.90 Å². The van der Waals surface area contributed by atoms with Crippen molar-refractivity contribution in [2.45, 2.75) is 13.5 Å². The van der Waals surface area contributed by atoms with Gasteiger partial charge in [0.1, 0.15) is 23.2 Å². The smallest absolute Gasteiger partial charge is 0.222 e. The van der Waals surface area contributed by atoms with Gasteiger partial charge >= 0.3 is 0 Å². The fourth-order valence-corrected chi connectivity index (χ4v) is 4.22. The van der Waals surface area contributed by atoms with Crippen LogP contribution in [0.3, 0.4) is 0 Å². The summed E-state index contributed by atoms with van der Waals surface area (Å²) in [7, 11) is 0. The molecule has 3 aliphatic rings.